The molecule has 2 aromatic carbocycles. The van der Waals surface area contributed by atoms with E-state index in [0.29, 0.717) is 11.3 Å². The molecule has 1 N–H and O–H groups in total. The zero-order chi connectivity index (χ0) is 20.3. The smallest absolute Gasteiger partial charge is 0.406 e. The van der Waals surface area contributed by atoms with Crippen molar-refractivity contribution in [1.82, 2.24) is 9.78 Å². The van der Waals surface area contributed by atoms with Crippen molar-refractivity contribution in [3.8, 4) is 17.0 Å². The number of hydrogen-bond acceptors (Lipinski definition) is 3. The minimum Gasteiger partial charge on any atom is -0.406 e. The average molecular weight is 454 g/mol. The van der Waals surface area contributed by atoms with Crippen LogP contribution < -0.4 is 10.1 Å². The third-order valence-corrected chi connectivity index (χ3v) is 4.42. The van der Waals surface area contributed by atoms with Crippen LogP contribution in [0.1, 0.15) is 5.56 Å². The third-order valence-electron chi connectivity index (χ3n) is 3.84. The highest BCUT2D eigenvalue weighted by molar-refractivity contribution is 9.10. The lowest BCUT2D eigenvalue weighted by Gasteiger charge is -2.10. The number of aryl methyl sites for hydroxylation is 1. The number of anilines is 1. The summed E-state index contributed by atoms with van der Waals surface area (Å²) in [7, 11) is 1.82. The zero-order valence-corrected chi connectivity index (χ0v) is 16.2. The van der Waals surface area contributed by atoms with Gasteiger partial charge in [0.1, 0.15) is 5.75 Å². The van der Waals surface area contributed by atoms with Gasteiger partial charge < -0.3 is 10.1 Å². The van der Waals surface area contributed by atoms with Gasteiger partial charge in [-0.25, -0.2) is 0 Å². The molecule has 0 aliphatic heterocycles. The van der Waals surface area contributed by atoms with Gasteiger partial charge in [0, 0.05) is 18.3 Å². The molecule has 0 aliphatic carbocycles. The van der Waals surface area contributed by atoms with E-state index in [1.54, 1.807) is 16.9 Å². The number of carbonyl (C=O) groups is 1. The largest absolute Gasteiger partial charge is 0.573 e. The number of carbonyl (C=O) groups excluding carboxylic acids is 1. The van der Waals surface area contributed by atoms with Crippen molar-refractivity contribution >= 4 is 27.5 Å². The van der Waals surface area contributed by atoms with Crippen LogP contribution in [0.5, 0.6) is 5.75 Å². The Bertz CT molecular complexity index is 965. The molecule has 1 heterocycles. The number of rotatable bonds is 5. The fourth-order valence-corrected chi connectivity index (χ4v) is 3.26. The fraction of sp³-hybridized carbons (Fsp3) is 0.158. The summed E-state index contributed by atoms with van der Waals surface area (Å²) in [5, 5.41) is 6.96. The number of nitrogens with one attached hydrogen (secondary N) is 1. The Morgan fingerprint density at radius 2 is 1.93 bits per heavy atom. The van der Waals surface area contributed by atoms with Crippen LogP contribution in [0.3, 0.4) is 0 Å². The van der Waals surface area contributed by atoms with Crippen LogP contribution in [-0.2, 0) is 18.3 Å². The van der Waals surface area contributed by atoms with Gasteiger partial charge in [-0.1, -0.05) is 24.3 Å². The molecule has 1 aromatic heterocycles. The number of benzene rings is 2. The second-order valence-electron chi connectivity index (χ2n) is 5.96. The highest BCUT2D eigenvalue weighted by Gasteiger charge is 2.30. The molecule has 0 fully saturated rings. The predicted octanol–water partition coefficient (Wildman–Crippen LogP) is 4.93. The molecule has 0 unspecified atom stereocenters. The van der Waals surface area contributed by atoms with Crippen molar-refractivity contribution in [3.63, 3.8) is 0 Å². The molecule has 9 heteroatoms. The lowest BCUT2D eigenvalue weighted by molar-refractivity contribution is -0.274. The standard InChI is InChI=1S/C19H15BrF3N3O2/c1-26-18(16(20)11-24-26)13-3-2-4-14(10-13)25-17(27)9-12-5-7-15(8-6-12)28-19(21,22)23/h2-8,10-11H,9H2,1H3,(H,25,27). The molecule has 3 rings (SSSR count). The third kappa shape index (κ3) is 5.13. The Labute approximate surface area is 167 Å². The van der Waals surface area contributed by atoms with Gasteiger partial charge in [0.2, 0.25) is 5.91 Å². The summed E-state index contributed by atoms with van der Waals surface area (Å²) >= 11 is 3.45. The van der Waals surface area contributed by atoms with Gasteiger partial charge in [-0.15, -0.1) is 13.2 Å². The van der Waals surface area contributed by atoms with Crippen molar-refractivity contribution in [3.05, 3.63) is 64.8 Å². The summed E-state index contributed by atoms with van der Waals surface area (Å²) in [6.07, 6.45) is -3.04. The monoisotopic (exact) mass is 453 g/mol. The second kappa shape index (κ2) is 8.05. The van der Waals surface area contributed by atoms with Gasteiger partial charge >= 0.3 is 6.36 Å². The second-order valence-corrected chi connectivity index (χ2v) is 6.82. The van der Waals surface area contributed by atoms with Gasteiger partial charge in [-0.3, -0.25) is 9.48 Å². The molecule has 0 saturated carbocycles. The van der Waals surface area contributed by atoms with Gasteiger partial charge in [-0.2, -0.15) is 5.10 Å². The van der Waals surface area contributed by atoms with Crippen molar-refractivity contribution in [1.29, 1.82) is 0 Å². The predicted molar refractivity (Wildman–Crippen MR) is 102 cm³/mol. The maximum atomic E-state index is 12.3. The maximum absolute atomic E-state index is 12.3. The molecular formula is C19H15BrF3N3O2. The summed E-state index contributed by atoms with van der Waals surface area (Å²) in [5.41, 5.74) is 2.92. The Hall–Kier alpha value is -2.81. The number of alkyl halides is 3. The molecule has 0 radical (unpaired) electrons. The van der Waals surface area contributed by atoms with Crippen molar-refractivity contribution in [2.24, 2.45) is 7.05 Å². The van der Waals surface area contributed by atoms with Crippen LogP contribution >= 0.6 is 15.9 Å². The van der Waals surface area contributed by atoms with Gasteiger partial charge in [0.25, 0.3) is 0 Å². The molecular weight excluding hydrogens is 439 g/mol. The van der Waals surface area contributed by atoms with E-state index in [2.05, 4.69) is 31.1 Å². The van der Waals surface area contributed by atoms with E-state index >= 15 is 0 Å². The highest BCUT2D eigenvalue weighted by Crippen LogP contribution is 2.29. The van der Waals surface area contributed by atoms with Crippen LogP contribution in [-0.4, -0.2) is 22.1 Å². The molecule has 28 heavy (non-hydrogen) atoms. The average Bonchev–Trinajstić information content (AvgIpc) is 2.94. The van der Waals surface area contributed by atoms with E-state index in [1.807, 2.05) is 25.2 Å². The summed E-state index contributed by atoms with van der Waals surface area (Å²) in [4.78, 5) is 12.3. The molecule has 0 spiro atoms. The van der Waals surface area contributed by atoms with E-state index in [9.17, 15) is 18.0 Å². The van der Waals surface area contributed by atoms with Crippen molar-refractivity contribution < 1.29 is 22.7 Å². The molecule has 3 aromatic rings. The first-order valence-electron chi connectivity index (χ1n) is 8.14. The Kier molecular flexibility index (Phi) is 5.73. The van der Waals surface area contributed by atoms with E-state index in [0.717, 1.165) is 15.7 Å². The number of ether oxygens (including phenoxy) is 1. The summed E-state index contributed by atoms with van der Waals surface area (Å²) in [6, 6.07) is 12.5. The first kappa shape index (κ1) is 19.9. The van der Waals surface area contributed by atoms with Crippen LogP contribution in [0.2, 0.25) is 0 Å². The quantitative estimate of drug-likeness (QED) is 0.595. The number of amides is 1. The molecule has 0 aliphatic rings. The van der Waals surface area contributed by atoms with Gasteiger partial charge in [0.05, 0.1) is 22.8 Å². The number of nitrogens with zero attached hydrogens (tertiary/aromatic N) is 2. The Balaban J connectivity index is 1.66. The first-order chi connectivity index (χ1) is 13.2. The van der Waals surface area contributed by atoms with Crippen molar-refractivity contribution in [2.45, 2.75) is 12.8 Å². The lowest BCUT2D eigenvalue weighted by atomic mass is 10.1. The Morgan fingerprint density at radius 1 is 1.21 bits per heavy atom. The minimum atomic E-state index is -4.74. The molecule has 0 atom stereocenters. The van der Waals surface area contributed by atoms with Gasteiger partial charge in [0.15, 0.2) is 0 Å². The topological polar surface area (TPSA) is 56.2 Å². The number of aromatic nitrogens is 2. The molecule has 1 amide bonds. The van der Waals surface area contributed by atoms with Crippen LogP contribution in [0.15, 0.2) is 59.2 Å². The van der Waals surface area contributed by atoms with E-state index in [4.69, 9.17) is 0 Å². The number of hydrogen-bond donors (Lipinski definition) is 1. The molecule has 0 bridgehead atoms. The van der Waals surface area contributed by atoms with E-state index in [-0.39, 0.29) is 18.1 Å². The highest BCUT2D eigenvalue weighted by atomic mass is 79.9. The minimum absolute atomic E-state index is 0.0198. The van der Waals surface area contributed by atoms with E-state index < -0.39 is 6.36 Å². The van der Waals surface area contributed by atoms with Crippen LogP contribution in [0, 0.1) is 0 Å². The maximum Gasteiger partial charge on any atom is 0.573 e. The van der Waals surface area contributed by atoms with Crippen LogP contribution in [0.4, 0.5) is 18.9 Å². The number of halogens is 4. The van der Waals surface area contributed by atoms with Gasteiger partial charge in [-0.05, 0) is 45.8 Å². The SMILES string of the molecule is Cn1ncc(Br)c1-c1cccc(NC(=O)Cc2ccc(OC(F)(F)F)cc2)c1. The summed E-state index contributed by atoms with van der Waals surface area (Å²) < 4.78 is 42.9. The zero-order valence-electron chi connectivity index (χ0n) is 14.6. The summed E-state index contributed by atoms with van der Waals surface area (Å²) in [6.45, 7) is 0. The van der Waals surface area contributed by atoms with Crippen molar-refractivity contribution in [2.75, 3.05) is 5.32 Å². The Morgan fingerprint density at radius 3 is 2.54 bits per heavy atom. The molecule has 5 nitrogen and oxygen atoms in total. The lowest BCUT2D eigenvalue weighted by Crippen LogP contribution is -2.17. The first-order valence-corrected chi connectivity index (χ1v) is 8.93. The molecule has 0 saturated heterocycles. The summed E-state index contributed by atoms with van der Waals surface area (Å²) in [5.74, 6) is -0.614. The van der Waals surface area contributed by atoms with Crippen LogP contribution in [0.25, 0.3) is 11.3 Å². The van der Waals surface area contributed by atoms with E-state index in [1.165, 1.54) is 24.3 Å². The fourth-order valence-electron chi connectivity index (χ4n) is 2.68. The normalized spacial score (nSPS) is 11.3. The molecule has 146 valence electrons.